The van der Waals surface area contributed by atoms with Crippen LogP contribution in [0.1, 0.15) is 18.9 Å². The van der Waals surface area contributed by atoms with Gasteiger partial charge in [0.1, 0.15) is 6.07 Å². The number of anilines is 1. The van der Waals surface area contributed by atoms with E-state index in [1.807, 2.05) is 19.2 Å². The van der Waals surface area contributed by atoms with Gasteiger partial charge in [-0.3, -0.25) is 4.98 Å². The number of pyridine rings is 1. The third kappa shape index (κ3) is 3.29. The van der Waals surface area contributed by atoms with Crippen molar-refractivity contribution in [3.63, 3.8) is 0 Å². The zero-order chi connectivity index (χ0) is 23.4. The Morgan fingerprint density at radius 1 is 1.15 bits per heavy atom. The first kappa shape index (κ1) is 21.2. The number of fused-ring (bicyclic) bond motifs is 3. The van der Waals surface area contributed by atoms with Gasteiger partial charge in [0.05, 0.1) is 29.8 Å². The quantitative estimate of drug-likeness (QED) is 0.737. The molecule has 7 nitrogen and oxygen atoms in total. The molecule has 2 N–H and O–H groups in total. The van der Waals surface area contributed by atoms with Crippen LogP contribution in [0.2, 0.25) is 0 Å². The number of benzene rings is 1. The molecule has 6 rings (SSSR count). The Bertz CT molecular complexity index is 1290. The lowest BCUT2D eigenvalue weighted by molar-refractivity contribution is 0.161. The lowest BCUT2D eigenvalue weighted by Gasteiger charge is -2.42. The summed E-state index contributed by atoms with van der Waals surface area (Å²) in [7, 11) is 1.92. The molecular formula is C27H30N6O. The van der Waals surface area contributed by atoms with Crippen LogP contribution in [0, 0.1) is 11.3 Å². The minimum Gasteiger partial charge on any atom is -0.390 e. The van der Waals surface area contributed by atoms with Crippen LogP contribution in [0.25, 0.3) is 10.9 Å². The van der Waals surface area contributed by atoms with E-state index in [4.69, 9.17) is 0 Å². The highest BCUT2D eigenvalue weighted by Gasteiger charge is 2.38. The molecule has 0 bridgehead atoms. The molecule has 2 fully saturated rings. The number of nitrogens with zero attached hydrogens (tertiary/aromatic N) is 5. The number of piperazine rings is 1. The van der Waals surface area contributed by atoms with Crippen molar-refractivity contribution in [1.29, 1.82) is 5.26 Å². The molecule has 7 heteroatoms. The number of hydrogen-bond acceptors (Lipinski definition) is 7. The molecule has 0 spiro atoms. The third-order valence-corrected chi connectivity index (χ3v) is 7.85. The molecule has 4 aliphatic rings. The maximum Gasteiger partial charge on any atom is 0.101 e. The van der Waals surface area contributed by atoms with E-state index in [0.29, 0.717) is 18.2 Å². The van der Waals surface area contributed by atoms with Gasteiger partial charge >= 0.3 is 0 Å². The molecule has 2 aromatic rings. The summed E-state index contributed by atoms with van der Waals surface area (Å²) in [5.41, 5.74) is 8.06. The molecule has 0 saturated carbocycles. The second kappa shape index (κ2) is 8.15. The van der Waals surface area contributed by atoms with E-state index in [1.165, 1.54) is 22.5 Å². The summed E-state index contributed by atoms with van der Waals surface area (Å²) >= 11 is 0. The summed E-state index contributed by atoms with van der Waals surface area (Å²) in [5.74, 6) is 0. The topological polar surface area (TPSA) is 78.7 Å². The fourth-order valence-electron chi connectivity index (χ4n) is 6.04. The van der Waals surface area contributed by atoms with Crippen LogP contribution in [-0.2, 0) is 0 Å². The molecule has 34 heavy (non-hydrogen) atoms. The van der Waals surface area contributed by atoms with Gasteiger partial charge in [-0.05, 0) is 61.9 Å². The predicted molar refractivity (Wildman–Crippen MR) is 133 cm³/mol. The van der Waals surface area contributed by atoms with Crippen LogP contribution in [-0.4, -0.2) is 77.8 Å². The number of nitriles is 1. The Labute approximate surface area is 200 Å². The summed E-state index contributed by atoms with van der Waals surface area (Å²) in [6, 6.07) is 10.8. The second-order valence-electron chi connectivity index (χ2n) is 9.80. The molecule has 4 heterocycles. The number of aromatic nitrogens is 1. The zero-order valence-electron chi connectivity index (χ0n) is 19.7. The first-order chi connectivity index (χ1) is 16.6. The second-order valence-corrected chi connectivity index (χ2v) is 9.80. The van der Waals surface area contributed by atoms with E-state index >= 15 is 0 Å². The largest absolute Gasteiger partial charge is 0.390 e. The molecule has 174 valence electrons. The van der Waals surface area contributed by atoms with Crippen LogP contribution < -0.4 is 10.2 Å². The molecule has 3 aliphatic heterocycles. The van der Waals surface area contributed by atoms with Crippen molar-refractivity contribution in [1.82, 2.24) is 20.1 Å². The lowest BCUT2D eigenvalue weighted by atomic mass is 9.96. The third-order valence-electron chi connectivity index (χ3n) is 7.85. The summed E-state index contributed by atoms with van der Waals surface area (Å²) < 4.78 is 0. The van der Waals surface area contributed by atoms with E-state index in [9.17, 15) is 10.4 Å². The van der Waals surface area contributed by atoms with Gasteiger partial charge < -0.3 is 25.1 Å². The number of hydrogen-bond donors (Lipinski definition) is 2. The zero-order valence-corrected chi connectivity index (χ0v) is 19.7. The van der Waals surface area contributed by atoms with Gasteiger partial charge in [-0.2, -0.15) is 5.26 Å². The van der Waals surface area contributed by atoms with Crippen LogP contribution in [0.4, 0.5) is 5.69 Å². The number of β-amino-alcohol motifs (C(OH)–C–C–N with tert-alkyl or cyclic N) is 1. The number of allylic oxidation sites excluding steroid dienone is 2. The van der Waals surface area contributed by atoms with Gasteiger partial charge in [0.25, 0.3) is 0 Å². The van der Waals surface area contributed by atoms with E-state index in [-0.39, 0.29) is 12.1 Å². The van der Waals surface area contributed by atoms with Crippen molar-refractivity contribution >= 4 is 16.6 Å². The van der Waals surface area contributed by atoms with Crippen molar-refractivity contribution in [3.05, 3.63) is 70.7 Å². The van der Waals surface area contributed by atoms with Crippen LogP contribution in [0.15, 0.2) is 65.2 Å². The lowest BCUT2D eigenvalue weighted by Crippen LogP contribution is -2.49. The molecule has 1 aliphatic carbocycles. The smallest absolute Gasteiger partial charge is 0.101 e. The van der Waals surface area contributed by atoms with Crippen molar-refractivity contribution in [2.24, 2.45) is 0 Å². The molecule has 0 radical (unpaired) electrons. The van der Waals surface area contributed by atoms with Crippen molar-refractivity contribution in [2.45, 2.75) is 31.5 Å². The monoisotopic (exact) mass is 454 g/mol. The molecule has 2 saturated heterocycles. The van der Waals surface area contributed by atoms with Crippen LogP contribution in [0.5, 0.6) is 0 Å². The van der Waals surface area contributed by atoms with E-state index in [1.54, 1.807) is 6.20 Å². The standard InChI is InChI=1S/C27H30N6O/c1-17-12-32(24-8-5-18(11-28)27-22(24)4-3-9-30-27)15-25-21-7-6-20(10-19(21)13-33(17)25)31-14-23(29-2)26(34)16-31/h3-6,8-10,17,23,26,29,34H,7,12-16H2,1-2H3/t17-,23+,26+/m1/s1. The number of aliphatic hydroxyl groups is 1. The summed E-state index contributed by atoms with van der Waals surface area (Å²) in [6.07, 6.45) is 7.03. The fourth-order valence-corrected chi connectivity index (χ4v) is 6.04. The molecule has 0 amide bonds. The number of rotatable bonds is 3. The van der Waals surface area contributed by atoms with Gasteiger partial charge in [-0.1, -0.05) is 6.08 Å². The molecular weight excluding hydrogens is 424 g/mol. The Kier molecular flexibility index (Phi) is 5.09. The van der Waals surface area contributed by atoms with Gasteiger partial charge in [0.2, 0.25) is 0 Å². The van der Waals surface area contributed by atoms with E-state index < -0.39 is 0 Å². The van der Waals surface area contributed by atoms with Gasteiger partial charge in [0, 0.05) is 60.9 Å². The van der Waals surface area contributed by atoms with E-state index in [2.05, 4.69) is 62.3 Å². The van der Waals surface area contributed by atoms with Crippen LogP contribution >= 0.6 is 0 Å². The molecule has 0 unspecified atom stereocenters. The highest BCUT2D eigenvalue weighted by Crippen LogP contribution is 2.41. The van der Waals surface area contributed by atoms with Crippen LogP contribution in [0.3, 0.4) is 0 Å². The minimum atomic E-state index is -0.329. The van der Waals surface area contributed by atoms with Crippen molar-refractivity contribution in [2.75, 3.05) is 44.7 Å². The van der Waals surface area contributed by atoms with Crippen molar-refractivity contribution in [3.8, 4) is 6.07 Å². The average molecular weight is 455 g/mol. The molecule has 1 aromatic heterocycles. The Hall–Kier alpha value is -3.34. The highest BCUT2D eigenvalue weighted by atomic mass is 16.3. The maximum absolute atomic E-state index is 10.3. The fraction of sp³-hybridized carbons (Fsp3) is 0.407. The Morgan fingerprint density at radius 3 is 2.82 bits per heavy atom. The molecule has 1 aromatic carbocycles. The molecule has 3 atom stereocenters. The Morgan fingerprint density at radius 2 is 2.03 bits per heavy atom. The summed E-state index contributed by atoms with van der Waals surface area (Å²) in [4.78, 5) is 11.8. The minimum absolute atomic E-state index is 0.124. The number of likely N-dealkylation sites (N-methyl/N-ethyl adjacent to an activating group) is 1. The van der Waals surface area contributed by atoms with Gasteiger partial charge in [-0.25, -0.2) is 0 Å². The van der Waals surface area contributed by atoms with Gasteiger partial charge in [0.15, 0.2) is 0 Å². The number of nitrogens with one attached hydrogen (secondary N) is 1. The first-order valence-corrected chi connectivity index (χ1v) is 12.1. The summed E-state index contributed by atoms with van der Waals surface area (Å²) in [6.45, 7) is 6.58. The van der Waals surface area contributed by atoms with Crippen molar-refractivity contribution < 1.29 is 5.11 Å². The maximum atomic E-state index is 10.3. The summed E-state index contributed by atoms with van der Waals surface area (Å²) in [5, 5.41) is 24.1. The van der Waals surface area contributed by atoms with E-state index in [0.717, 1.165) is 49.2 Å². The Balaban J connectivity index is 1.31. The van der Waals surface area contributed by atoms with Gasteiger partial charge in [-0.15, -0.1) is 0 Å². The average Bonchev–Trinajstić information content (AvgIpc) is 3.43. The predicted octanol–water partition coefficient (Wildman–Crippen LogP) is 2.36. The highest BCUT2D eigenvalue weighted by molar-refractivity contribution is 5.95. The SMILES string of the molecule is CN[C@H]1CN(C2=CCC3=C4CN(c5ccc(C#N)c6ncccc56)C[C@@H](C)N4CC3=C2)C[C@@H]1O. The number of aliphatic hydroxyl groups excluding tert-OH is 1. The number of likely N-dealkylation sites (tertiary alicyclic amines) is 1. The normalized spacial score (nSPS) is 26.4. The first-order valence-electron chi connectivity index (χ1n) is 12.1.